The Morgan fingerprint density at radius 1 is 1.26 bits per heavy atom. The number of hydrogen-bond acceptors (Lipinski definition) is 4. The first-order valence-electron chi connectivity index (χ1n) is 7.15. The average molecular weight is 270 g/mol. The number of hydrogen-bond donors (Lipinski definition) is 0. The molecule has 0 aromatic heterocycles. The maximum atomic E-state index is 12.0. The molecule has 1 aliphatic carbocycles. The highest BCUT2D eigenvalue weighted by atomic mass is 16.5. The third-order valence-electron chi connectivity index (χ3n) is 4.15. The largest absolute Gasteiger partial charge is 0.468 e. The molecule has 0 bridgehead atoms. The van der Waals surface area contributed by atoms with E-state index in [1.165, 1.54) is 20.0 Å². The molecule has 1 saturated carbocycles. The van der Waals surface area contributed by atoms with E-state index in [0.717, 1.165) is 19.3 Å². The minimum atomic E-state index is -1.12. The molecule has 4 heteroatoms. The first-order valence-corrected chi connectivity index (χ1v) is 7.15. The van der Waals surface area contributed by atoms with E-state index in [9.17, 15) is 9.59 Å². The standard InChI is InChI=1S/C15H26O4/c1-5-11-7-6-8-12(9-11)19-10-13(16)15(2,3)14(17)18-4/h11-12H,5-10H2,1-4H3. The van der Waals surface area contributed by atoms with Crippen molar-refractivity contribution in [3.63, 3.8) is 0 Å². The van der Waals surface area contributed by atoms with Crippen molar-refractivity contribution < 1.29 is 19.1 Å². The molecule has 1 fully saturated rings. The Balaban J connectivity index is 2.43. The zero-order chi connectivity index (χ0) is 14.5. The van der Waals surface area contributed by atoms with E-state index in [4.69, 9.17) is 4.74 Å². The zero-order valence-electron chi connectivity index (χ0n) is 12.5. The number of rotatable bonds is 6. The van der Waals surface area contributed by atoms with Crippen molar-refractivity contribution >= 4 is 11.8 Å². The van der Waals surface area contributed by atoms with Crippen molar-refractivity contribution in [2.75, 3.05) is 13.7 Å². The van der Waals surface area contributed by atoms with Crippen LogP contribution in [0.2, 0.25) is 0 Å². The average Bonchev–Trinajstić information content (AvgIpc) is 2.43. The molecule has 2 atom stereocenters. The summed E-state index contributed by atoms with van der Waals surface area (Å²) in [6, 6.07) is 0. The van der Waals surface area contributed by atoms with Crippen molar-refractivity contribution in [3.05, 3.63) is 0 Å². The number of Topliss-reactive ketones (excluding diaryl/α,β-unsaturated/α-hetero) is 1. The van der Waals surface area contributed by atoms with Crippen molar-refractivity contribution in [1.82, 2.24) is 0 Å². The van der Waals surface area contributed by atoms with E-state index < -0.39 is 11.4 Å². The summed E-state index contributed by atoms with van der Waals surface area (Å²) in [5.74, 6) is -0.00313. The Hall–Kier alpha value is -0.900. The lowest BCUT2D eigenvalue weighted by molar-refractivity contribution is -0.158. The van der Waals surface area contributed by atoms with Crippen LogP contribution in [-0.2, 0) is 19.1 Å². The van der Waals surface area contributed by atoms with Crippen LogP contribution in [0.15, 0.2) is 0 Å². The van der Waals surface area contributed by atoms with Gasteiger partial charge < -0.3 is 9.47 Å². The summed E-state index contributed by atoms with van der Waals surface area (Å²) < 4.78 is 10.3. The first-order chi connectivity index (χ1) is 8.91. The molecule has 0 N–H and O–H groups in total. The molecule has 0 amide bonds. The Morgan fingerprint density at radius 3 is 2.53 bits per heavy atom. The van der Waals surface area contributed by atoms with Crippen LogP contribution in [0.5, 0.6) is 0 Å². The van der Waals surface area contributed by atoms with Gasteiger partial charge in [0, 0.05) is 0 Å². The molecule has 0 aliphatic heterocycles. The van der Waals surface area contributed by atoms with Gasteiger partial charge in [0.2, 0.25) is 0 Å². The predicted octanol–water partition coefficient (Wildman–Crippen LogP) is 2.74. The highest BCUT2D eigenvalue weighted by molar-refractivity contribution is 6.03. The SMILES string of the molecule is CCC1CCCC(OCC(=O)C(C)(C)C(=O)OC)C1. The van der Waals surface area contributed by atoms with Gasteiger partial charge in [-0.15, -0.1) is 0 Å². The van der Waals surface area contributed by atoms with Crippen LogP contribution in [0.3, 0.4) is 0 Å². The van der Waals surface area contributed by atoms with Gasteiger partial charge in [-0.05, 0) is 32.6 Å². The summed E-state index contributed by atoms with van der Waals surface area (Å²) in [5, 5.41) is 0. The molecule has 4 nitrogen and oxygen atoms in total. The summed E-state index contributed by atoms with van der Waals surface area (Å²) in [5.41, 5.74) is -1.12. The molecule has 0 saturated heterocycles. The summed E-state index contributed by atoms with van der Waals surface area (Å²) in [7, 11) is 1.30. The molecule has 110 valence electrons. The van der Waals surface area contributed by atoms with Gasteiger partial charge in [0.1, 0.15) is 12.0 Å². The third kappa shape index (κ3) is 4.30. The zero-order valence-corrected chi connectivity index (χ0v) is 12.5. The number of carbonyl (C=O) groups excluding carboxylic acids is 2. The number of ketones is 1. The van der Waals surface area contributed by atoms with Crippen LogP contribution in [0.25, 0.3) is 0 Å². The normalized spacial score (nSPS) is 24.0. The fraction of sp³-hybridized carbons (Fsp3) is 0.867. The highest BCUT2D eigenvalue weighted by Crippen LogP contribution is 2.29. The van der Waals surface area contributed by atoms with Gasteiger partial charge in [-0.3, -0.25) is 9.59 Å². The maximum Gasteiger partial charge on any atom is 0.318 e. The summed E-state index contributed by atoms with van der Waals surface area (Å²) >= 11 is 0. The second kappa shape index (κ2) is 7.04. The Labute approximate surface area is 115 Å². The first kappa shape index (κ1) is 16.2. The van der Waals surface area contributed by atoms with E-state index in [1.807, 2.05) is 0 Å². The van der Waals surface area contributed by atoms with Crippen LogP contribution in [0.1, 0.15) is 52.9 Å². The quantitative estimate of drug-likeness (QED) is 0.550. The summed E-state index contributed by atoms with van der Waals surface area (Å²) in [6.45, 7) is 5.36. The molecule has 2 unspecified atom stereocenters. The summed E-state index contributed by atoms with van der Waals surface area (Å²) in [4.78, 5) is 23.6. The molecule has 0 radical (unpaired) electrons. The molecule has 0 aromatic carbocycles. The van der Waals surface area contributed by atoms with Gasteiger partial charge in [-0.25, -0.2) is 0 Å². The van der Waals surface area contributed by atoms with Gasteiger partial charge in [-0.2, -0.15) is 0 Å². The van der Waals surface area contributed by atoms with Gasteiger partial charge in [0.25, 0.3) is 0 Å². The fourth-order valence-electron chi connectivity index (χ4n) is 2.51. The van der Waals surface area contributed by atoms with Crippen LogP contribution in [-0.4, -0.2) is 31.6 Å². The number of methoxy groups -OCH3 is 1. The van der Waals surface area contributed by atoms with Gasteiger partial charge in [0.05, 0.1) is 13.2 Å². The van der Waals surface area contributed by atoms with Crippen LogP contribution in [0.4, 0.5) is 0 Å². The number of carbonyl (C=O) groups is 2. The van der Waals surface area contributed by atoms with Gasteiger partial charge >= 0.3 is 5.97 Å². The van der Waals surface area contributed by atoms with Crippen molar-refractivity contribution in [2.45, 2.75) is 59.0 Å². The van der Waals surface area contributed by atoms with E-state index in [0.29, 0.717) is 5.92 Å². The predicted molar refractivity (Wildman–Crippen MR) is 72.8 cm³/mol. The van der Waals surface area contributed by atoms with Gasteiger partial charge in [0.15, 0.2) is 5.78 Å². The topological polar surface area (TPSA) is 52.6 Å². The highest BCUT2D eigenvalue weighted by Gasteiger charge is 2.37. The fourth-order valence-corrected chi connectivity index (χ4v) is 2.51. The van der Waals surface area contributed by atoms with E-state index in [-0.39, 0.29) is 18.5 Å². The van der Waals surface area contributed by atoms with E-state index in [1.54, 1.807) is 13.8 Å². The number of ether oxygens (including phenoxy) is 2. The second-order valence-corrected chi connectivity index (χ2v) is 5.91. The molecule has 0 spiro atoms. The second-order valence-electron chi connectivity index (χ2n) is 5.91. The Kier molecular flexibility index (Phi) is 5.98. The minimum absolute atomic E-state index is 0.00318. The molecule has 19 heavy (non-hydrogen) atoms. The minimum Gasteiger partial charge on any atom is -0.468 e. The molecule has 0 heterocycles. The molecular weight excluding hydrogens is 244 g/mol. The lowest BCUT2D eigenvalue weighted by Gasteiger charge is -2.29. The Morgan fingerprint density at radius 2 is 1.95 bits per heavy atom. The Bertz CT molecular complexity index is 322. The third-order valence-corrected chi connectivity index (χ3v) is 4.15. The monoisotopic (exact) mass is 270 g/mol. The van der Waals surface area contributed by atoms with E-state index in [2.05, 4.69) is 11.7 Å². The van der Waals surface area contributed by atoms with Gasteiger partial charge in [-0.1, -0.05) is 26.2 Å². The van der Waals surface area contributed by atoms with Crippen molar-refractivity contribution in [1.29, 1.82) is 0 Å². The smallest absolute Gasteiger partial charge is 0.318 e. The number of esters is 1. The molecule has 1 rings (SSSR count). The van der Waals surface area contributed by atoms with Crippen LogP contribution >= 0.6 is 0 Å². The van der Waals surface area contributed by atoms with Crippen LogP contribution in [0, 0.1) is 11.3 Å². The van der Waals surface area contributed by atoms with Crippen molar-refractivity contribution in [2.24, 2.45) is 11.3 Å². The maximum absolute atomic E-state index is 12.0. The van der Waals surface area contributed by atoms with E-state index >= 15 is 0 Å². The molecule has 0 aromatic rings. The molecular formula is C15H26O4. The molecule has 1 aliphatic rings. The lowest BCUT2D eigenvalue weighted by Crippen LogP contribution is -2.38. The lowest BCUT2D eigenvalue weighted by atomic mass is 9.85. The van der Waals surface area contributed by atoms with Crippen molar-refractivity contribution in [3.8, 4) is 0 Å². The summed E-state index contributed by atoms with van der Waals surface area (Å²) in [6.07, 6.45) is 5.80. The van der Waals surface area contributed by atoms with Crippen LogP contribution < -0.4 is 0 Å².